The van der Waals surface area contributed by atoms with E-state index >= 15 is 0 Å². The van der Waals surface area contributed by atoms with Gasteiger partial charge in [-0.3, -0.25) is 0 Å². The third-order valence-corrected chi connectivity index (χ3v) is 4.09. The van der Waals surface area contributed by atoms with E-state index in [2.05, 4.69) is 34.2 Å². The Morgan fingerprint density at radius 3 is 2.50 bits per heavy atom. The fourth-order valence-electron chi connectivity index (χ4n) is 2.63. The van der Waals surface area contributed by atoms with Crippen molar-refractivity contribution in [3.05, 3.63) is 59.7 Å². The van der Waals surface area contributed by atoms with Crippen molar-refractivity contribution in [1.82, 2.24) is 9.97 Å². The fraction of sp³-hybridized carbons (Fsp3) is 0.333. The highest BCUT2D eigenvalue weighted by atomic mass is 35.5. The summed E-state index contributed by atoms with van der Waals surface area (Å²) < 4.78 is 0. The smallest absolute Gasteiger partial charge is 0.139 e. The molecule has 2 aromatic rings. The van der Waals surface area contributed by atoms with E-state index in [1.807, 2.05) is 18.3 Å². The highest BCUT2D eigenvalue weighted by Gasteiger charge is 2.42. The molecular formula is C15H15ClN2. The molecule has 2 nitrogen and oxygen atoms in total. The molecule has 1 aromatic carbocycles. The lowest BCUT2D eigenvalue weighted by molar-refractivity contribution is 0.284. The summed E-state index contributed by atoms with van der Waals surface area (Å²) in [7, 11) is 0. The summed E-state index contributed by atoms with van der Waals surface area (Å²) in [6.07, 6.45) is 5.32. The predicted octanol–water partition coefficient (Wildman–Crippen LogP) is 3.69. The van der Waals surface area contributed by atoms with Crippen LogP contribution in [-0.4, -0.2) is 9.97 Å². The van der Waals surface area contributed by atoms with Crippen molar-refractivity contribution in [2.24, 2.45) is 0 Å². The third-order valence-electron chi connectivity index (χ3n) is 3.81. The quantitative estimate of drug-likeness (QED) is 0.785. The molecule has 92 valence electrons. The van der Waals surface area contributed by atoms with Gasteiger partial charge in [-0.05, 0) is 24.5 Å². The summed E-state index contributed by atoms with van der Waals surface area (Å²) in [5.74, 6) is 1.37. The molecule has 0 bridgehead atoms. The van der Waals surface area contributed by atoms with Crippen molar-refractivity contribution in [2.45, 2.75) is 30.6 Å². The Kier molecular flexibility index (Phi) is 3.04. The Hall–Kier alpha value is -1.41. The van der Waals surface area contributed by atoms with Crippen molar-refractivity contribution < 1.29 is 0 Å². The summed E-state index contributed by atoms with van der Waals surface area (Å²) in [6.45, 7) is 0. The molecule has 1 fully saturated rings. The molecule has 1 heterocycles. The molecule has 1 saturated carbocycles. The minimum Gasteiger partial charge on any atom is -0.240 e. The van der Waals surface area contributed by atoms with Crippen molar-refractivity contribution in [2.75, 3.05) is 0 Å². The first kappa shape index (κ1) is 11.7. The van der Waals surface area contributed by atoms with Crippen LogP contribution in [-0.2, 0) is 11.3 Å². The molecule has 3 heteroatoms. The first-order valence-corrected chi connectivity index (χ1v) is 6.82. The zero-order chi connectivity index (χ0) is 12.4. The second-order valence-corrected chi connectivity index (χ2v) is 5.07. The molecule has 18 heavy (non-hydrogen) atoms. The second-order valence-electron chi connectivity index (χ2n) is 4.81. The number of benzene rings is 1. The molecule has 0 saturated heterocycles. The summed E-state index contributed by atoms with van der Waals surface area (Å²) in [5.41, 5.74) is 2.25. The van der Waals surface area contributed by atoms with Crippen LogP contribution in [0.4, 0.5) is 0 Å². The van der Waals surface area contributed by atoms with E-state index in [-0.39, 0.29) is 5.41 Å². The Bertz CT molecular complexity index is 535. The van der Waals surface area contributed by atoms with E-state index in [4.69, 9.17) is 11.6 Å². The summed E-state index contributed by atoms with van der Waals surface area (Å²) >= 11 is 5.87. The lowest BCUT2D eigenvalue weighted by atomic mass is 9.64. The molecule has 1 aliphatic rings. The van der Waals surface area contributed by atoms with E-state index in [1.54, 1.807) is 0 Å². The molecule has 0 amide bonds. The number of nitrogens with zero attached hydrogens (tertiary/aromatic N) is 2. The van der Waals surface area contributed by atoms with Gasteiger partial charge in [-0.15, -0.1) is 11.6 Å². The standard InChI is InChI=1S/C15H15ClN2/c16-11-13-7-10-17-14(18-13)15(8-4-9-15)12-5-2-1-3-6-12/h1-3,5-7,10H,4,8-9,11H2. The number of hydrogen-bond donors (Lipinski definition) is 0. The van der Waals surface area contributed by atoms with Crippen molar-refractivity contribution in [3.63, 3.8) is 0 Å². The van der Waals surface area contributed by atoms with Crippen LogP contribution < -0.4 is 0 Å². The largest absolute Gasteiger partial charge is 0.240 e. The van der Waals surface area contributed by atoms with E-state index in [0.29, 0.717) is 5.88 Å². The molecule has 0 N–H and O–H groups in total. The average molecular weight is 259 g/mol. The van der Waals surface area contributed by atoms with Crippen LogP contribution in [0.1, 0.15) is 36.3 Å². The fourth-order valence-corrected chi connectivity index (χ4v) is 2.78. The van der Waals surface area contributed by atoms with Gasteiger partial charge in [-0.1, -0.05) is 36.8 Å². The summed E-state index contributed by atoms with van der Waals surface area (Å²) in [5, 5.41) is 0. The van der Waals surface area contributed by atoms with E-state index < -0.39 is 0 Å². The molecule has 0 spiro atoms. The SMILES string of the molecule is ClCc1ccnc(C2(c3ccccc3)CCC2)n1. The van der Waals surface area contributed by atoms with Crippen LogP contribution >= 0.6 is 11.6 Å². The normalized spacial score (nSPS) is 17.2. The number of rotatable bonds is 3. The monoisotopic (exact) mass is 258 g/mol. The highest BCUT2D eigenvalue weighted by molar-refractivity contribution is 6.16. The van der Waals surface area contributed by atoms with Gasteiger partial charge in [0.2, 0.25) is 0 Å². The Balaban J connectivity index is 2.06. The lowest BCUT2D eigenvalue weighted by Crippen LogP contribution is -2.37. The van der Waals surface area contributed by atoms with Gasteiger partial charge in [0, 0.05) is 6.20 Å². The third kappa shape index (κ3) is 1.81. The molecule has 1 aliphatic carbocycles. The zero-order valence-electron chi connectivity index (χ0n) is 10.1. The maximum Gasteiger partial charge on any atom is 0.139 e. The van der Waals surface area contributed by atoms with E-state index in [9.17, 15) is 0 Å². The molecular weight excluding hydrogens is 244 g/mol. The topological polar surface area (TPSA) is 25.8 Å². The number of hydrogen-bond acceptors (Lipinski definition) is 2. The van der Waals surface area contributed by atoms with Crippen LogP contribution in [0.5, 0.6) is 0 Å². The average Bonchev–Trinajstić information content (AvgIpc) is 2.39. The maximum absolute atomic E-state index is 5.87. The minimum atomic E-state index is 0.0172. The molecule has 0 unspecified atom stereocenters. The summed E-state index contributed by atoms with van der Waals surface area (Å²) in [6, 6.07) is 12.5. The zero-order valence-corrected chi connectivity index (χ0v) is 10.9. The van der Waals surface area contributed by atoms with Crippen LogP contribution in [0.25, 0.3) is 0 Å². The van der Waals surface area contributed by atoms with Gasteiger partial charge >= 0.3 is 0 Å². The molecule has 0 atom stereocenters. The number of halogens is 1. The molecule has 1 aromatic heterocycles. The highest BCUT2D eigenvalue weighted by Crippen LogP contribution is 2.47. The first-order valence-electron chi connectivity index (χ1n) is 6.29. The van der Waals surface area contributed by atoms with Gasteiger partial charge in [0.15, 0.2) is 0 Å². The van der Waals surface area contributed by atoms with Crippen LogP contribution in [0.2, 0.25) is 0 Å². The second kappa shape index (κ2) is 4.69. The Morgan fingerprint density at radius 2 is 1.89 bits per heavy atom. The van der Waals surface area contributed by atoms with Crippen molar-refractivity contribution >= 4 is 11.6 Å². The maximum atomic E-state index is 5.87. The minimum absolute atomic E-state index is 0.0172. The Labute approximate surface area is 112 Å². The van der Waals surface area contributed by atoms with Crippen molar-refractivity contribution in [3.8, 4) is 0 Å². The molecule has 0 aliphatic heterocycles. The van der Waals surface area contributed by atoms with Gasteiger partial charge in [0.05, 0.1) is 17.0 Å². The van der Waals surface area contributed by atoms with Gasteiger partial charge in [0.25, 0.3) is 0 Å². The van der Waals surface area contributed by atoms with E-state index in [1.165, 1.54) is 12.0 Å². The van der Waals surface area contributed by atoms with Crippen molar-refractivity contribution in [1.29, 1.82) is 0 Å². The van der Waals surface area contributed by atoms with Gasteiger partial charge in [-0.25, -0.2) is 9.97 Å². The van der Waals surface area contributed by atoms with Gasteiger partial charge < -0.3 is 0 Å². The van der Waals surface area contributed by atoms with Crippen LogP contribution in [0.15, 0.2) is 42.6 Å². The van der Waals surface area contributed by atoms with Gasteiger partial charge in [-0.2, -0.15) is 0 Å². The molecule has 0 radical (unpaired) electrons. The van der Waals surface area contributed by atoms with Crippen LogP contribution in [0.3, 0.4) is 0 Å². The first-order chi connectivity index (χ1) is 8.85. The Morgan fingerprint density at radius 1 is 1.11 bits per heavy atom. The molecule has 3 rings (SSSR count). The lowest BCUT2D eigenvalue weighted by Gasteiger charge is -2.41. The van der Waals surface area contributed by atoms with Crippen LogP contribution in [0, 0.1) is 0 Å². The number of alkyl halides is 1. The predicted molar refractivity (Wildman–Crippen MR) is 72.7 cm³/mol. The van der Waals surface area contributed by atoms with Gasteiger partial charge in [0.1, 0.15) is 5.82 Å². The number of aromatic nitrogens is 2. The van der Waals surface area contributed by atoms with E-state index in [0.717, 1.165) is 24.4 Å². The summed E-state index contributed by atoms with van der Waals surface area (Å²) in [4.78, 5) is 9.11.